The molecule has 8 aliphatic heterocycles. The van der Waals surface area contributed by atoms with Crippen LogP contribution in [0.25, 0.3) is 0 Å². The maximum absolute atomic E-state index is 13.9. The van der Waals surface area contributed by atoms with Gasteiger partial charge in [-0.1, -0.05) is 24.3 Å². The molecule has 4 aromatic carbocycles. The van der Waals surface area contributed by atoms with Gasteiger partial charge in [-0.15, -0.1) is 0 Å². The molecule has 8 unspecified atom stereocenters. The smallest absolute Gasteiger partial charge is 0.274 e. The van der Waals surface area contributed by atoms with Crippen molar-refractivity contribution in [1.82, 2.24) is 78.0 Å². The highest BCUT2D eigenvalue weighted by atomic mass is 32.2. The molecular weight excluding hydrogens is 1850 g/mol. The Morgan fingerprint density at radius 3 is 0.652 bits per heavy atom. The summed E-state index contributed by atoms with van der Waals surface area (Å²) in [5.41, 5.74) is -8.57. The zero-order valence-electron chi connectivity index (χ0n) is 70.2. The minimum atomic E-state index is -3.78. The van der Waals surface area contributed by atoms with E-state index in [9.17, 15) is 147 Å². The van der Waals surface area contributed by atoms with Gasteiger partial charge in [0.2, 0.25) is 61.8 Å². The fraction of sp³-hybridized carbons (Fsp3) is 0.350. The second-order valence-corrected chi connectivity index (χ2v) is 39.5. The van der Waals surface area contributed by atoms with E-state index in [1.165, 1.54) is 66.1 Å². The molecule has 0 spiro atoms. The Balaban J connectivity index is 0.000000150. The molecule has 52 heteroatoms. The third-order valence-electron chi connectivity index (χ3n) is 22.8. The molecule has 4 aromatic heterocycles. The Bertz CT molecular complexity index is 6260. The lowest BCUT2D eigenvalue weighted by atomic mass is 10.0. The molecule has 0 aliphatic carbocycles. The Hall–Kier alpha value is -13.3. The van der Waals surface area contributed by atoms with Crippen LogP contribution < -0.4 is 61.9 Å². The van der Waals surface area contributed by atoms with E-state index in [1.54, 1.807) is 0 Å². The van der Waals surface area contributed by atoms with Gasteiger partial charge >= 0.3 is 0 Å². The normalized spacial score (nSPS) is 19.5. The summed E-state index contributed by atoms with van der Waals surface area (Å²) < 4.78 is 219. The average Bonchev–Trinajstić information content (AvgIpc) is 1.57. The number of nitrogens with one attached hydrogen (secondary N) is 8. The van der Waals surface area contributed by atoms with Crippen LogP contribution in [0.15, 0.2) is 92.0 Å². The first-order valence-corrected chi connectivity index (χ1v) is 47.0. The second kappa shape index (κ2) is 36.1. The number of pyridine rings is 4. The molecule has 12 N–H and O–H groups in total. The van der Waals surface area contributed by atoms with Gasteiger partial charge in [-0.25, -0.2) is 87.7 Å². The third-order valence-corrected chi connectivity index (χ3v) is 25.6. The highest BCUT2D eigenvalue weighted by molar-refractivity contribution is 7.89. The summed E-state index contributed by atoms with van der Waals surface area (Å²) in [7, 11) is -9.19. The molecule has 8 atom stereocenters. The maximum atomic E-state index is 13.9. The summed E-state index contributed by atoms with van der Waals surface area (Å²) in [6.45, 7) is -0.918. The van der Waals surface area contributed by atoms with Crippen LogP contribution in [0.1, 0.15) is 202 Å². The van der Waals surface area contributed by atoms with Gasteiger partial charge in [0.15, 0.2) is 45.8 Å². The number of carbonyl (C=O) groups excluding carboxylic acids is 8. The molecular formula is C80H80F8N16O24S4. The van der Waals surface area contributed by atoms with Gasteiger partial charge in [0.05, 0.1) is 96.1 Å². The molecule has 40 nitrogen and oxygen atoms in total. The Labute approximate surface area is 742 Å². The number of amides is 8. The number of hydrogen-bond acceptors (Lipinski definition) is 24. The summed E-state index contributed by atoms with van der Waals surface area (Å²) in [5, 5.41) is 51.4. The van der Waals surface area contributed by atoms with Crippen molar-refractivity contribution in [2.45, 2.75) is 100 Å². The van der Waals surface area contributed by atoms with Crippen LogP contribution in [0.5, 0.6) is 23.0 Å². The van der Waals surface area contributed by atoms with Crippen LogP contribution >= 0.6 is 0 Å². The van der Waals surface area contributed by atoms with Gasteiger partial charge in [-0.05, 0) is 49.9 Å². The van der Waals surface area contributed by atoms with E-state index in [2.05, 4.69) is 40.2 Å². The van der Waals surface area contributed by atoms with Crippen LogP contribution in [0.2, 0.25) is 0 Å². The lowest BCUT2D eigenvalue weighted by Crippen LogP contribution is -2.42. The number of rotatable bonds is 20. The molecule has 0 bridgehead atoms. The summed E-state index contributed by atoms with van der Waals surface area (Å²) in [4.78, 5) is 160. The largest absolute Gasteiger partial charge is 0.503 e. The number of sulfonamides is 4. The van der Waals surface area contributed by atoms with E-state index < -0.39 is 275 Å². The molecule has 8 aromatic rings. The number of halogens is 8. The summed E-state index contributed by atoms with van der Waals surface area (Å²) in [6.07, 6.45) is 4.19. The van der Waals surface area contributed by atoms with Crippen molar-refractivity contribution < 1.29 is 128 Å². The van der Waals surface area contributed by atoms with Crippen molar-refractivity contribution in [3.8, 4) is 23.0 Å². The van der Waals surface area contributed by atoms with E-state index >= 15 is 0 Å². The molecule has 12 heterocycles. The van der Waals surface area contributed by atoms with Gasteiger partial charge in [0.1, 0.15) is 68.8 Å². The van der Waals surface area contributed by atoms with Gasteiger partial charge < -0.3 is 79.6 Å². The Morgan fingerprint density at radius 1 is 0.318 bits per heavy atom. The predicted molar refractivity (Wildman–Crippen MR) is 445 cm³/mol. The molecule has 132 heavy (non-hydrogen) atoms. The number of nitrogens with zero attached hydrogens (tertiary/aromatic N) is 8. The topological polar surface area (TPSA) is 551 Å². The van der Waals surface area contributed by atoms with Crippen molar-refractivity contribution in [3.05, 3.63) is 250 Å². The zero-order chi connectivity index (χ0) is 97.0. The fourth-order valence-electron chi connectivity index (χ4n) is 17.4. The van der Waals surface area contributed by atoms with E-state index in [4.69, 9.17) is 0 Å². The minimum Gasteiger partial charge on any atom is -0.503 e. The zero-order valence-corrected chi connectivity index (χ0v) is 73.5. The molecule has 704 valence electrons. The number of hydrogen-bond donors (Lipinski definition) is 12. The first kappa shape index (κ1) is 96.3. The van der Waals surface area contributed by atoms with Crippen LogP contribution in [0.4, 0.5) is 35.1 Å². The van der Waals surface area contributed by atoms with Crippen LogP contribution in [0.3, 0.4) is 0 Å². The Kier molecular flexibility index (Phi) is 26.3. The lowest BCUT2D eigenvalue weighted by Gasteiger charge is -2.32. The number of benzene rings is 4. The monoisotopic (exact) mass is 1930 g/mol. The van der Waals surface area contributed by atoms with Crippen LogP contribution in [-0.2, 0) is 66.3 Å². The maximum Gasteiger partial charge on any atom is 0.274 e. The van der Waals surface area contributed by atoms with Gasteiger partial charge in [0, 0.05) is 127 Å². The highest BCUT2D eigenvalue weighted by Crippen LogP contribution is 2.47. The van der Waals surface area contributed by atoms with E-state index in [0.717, 1.165) is 73.6 Å². The number of aromatic nitrogens is 4. The molecule has 0 radical (unpaired) electrons. The predicted octanol–water partition coefficient (Wildman–Crippen LogP) is 1.53. The van der Waals surface area contributed by atoms with Crippen molar-refractivity contribution in [2.75, 3.05) is 79.4 Å². The third kappa shape index (κ3) is 19.0. The van der Waals surface area contributed by atoms with Crippen molar-refractivity contribution in [3.63, 3.8) is 0 Å². The van der Waals surface area contributed by atoms with Crippen molar-refractivity contribution >= 4 is 87.4 Å². The molecule has 0 saturated heterocycles. The second-order valence-electron chi connectivity index (χ2n) is 32.4. The number of likely N-dealkylation sites (N-methyl/N-ethyl adjacent to an activating group) is 4. The lowest BCUT2D eigenvalue weighted by molar-refractivity contribution is 0.0707. The molecule has 16 rings (SSSR count). The molecule has 8 aliphatic rings. The minimum absolute atomic E-state index is 0.0519. The highest BCUT2D eigenvalue weighted by Gasteiger charge is 2.51. The molecule has 8 amide bonds. The summed E-state index contributed by atoms with van der Waals surface area (Å²) in [5.74, 6) is -17.2. The average molecular weight is 1930 g/mol. The van der Waals surface area contributed by atoms with Crippen molar-refractivity contribution in [2.24, 2.45) is 0 Å². The summed E-state index contributed by atoms with van der Waals surface area (Å²) >= 11 is 0. The summed E-state index contributed by atoms with van der Waals surface area (Å²) in [6, 6.07) is 5.02. The number of carbonyl (C=O) groups is 8. The van der Waals surface area contributed by atoms with Crippen molar-refractivity contribution in [1.29, 1.82) is 0 Å². The SMILES string of the molecule is CN1CC2CC(NS(C)(=O)=O)c3c(C(=O)NCc4ccc(F)cc4F)c(=O)c(O)c(n32)C1=O.CN1CC2CC(NS(C)(=O)=O)c3c(C(=O)NCc4ccc(F)cc4F)c(=O)c(O)c(n32)C1=O.CN1CC2CC(NS(C)(=O)=O)c3c(C(=O)NCc4ccc(F)cc4F)c(=O)c(O)c(n32)C1=O.CN1CC2CC(NS(C)(=O)=O)c3c(C(=O)NCc4ccc(F)cc4F)c(=O)c(O)c(n32)C1=O. The first-order valence-electron chi connectivity index (χ1n) is 39.4. The van der Waals surface area contributed by atoms with Crippen LogP contribution in [-0.4, -0.2) is 219 Å². The van der Waals surface area contributed by atoms with E-state index in [1.807, 2.05) is 0 Å². The Morgan fingerprint density at radius 2 is 0.492 bits per heavy atom. The van der Waals surface area contributed by atoms with Crippen LogP contribution in [0, 0.1) is 46.5 Å². The quantitative estimate of drug-likeness (QED) is 0.0481. The van der Waals surface area contributed by atoms with Gasteiger partial charge in [0.25, 0.3) is 47.3 Å². The first-order chi connectivity index (χ1) is 61.5. The van der Waals surface area contributed by atoms with Gasteiger partial charge in [-0.2, -0.15) is 0 Å². The van der Waals surface area contributed by atoms with E-state index in [-0.39, 0.29) is 120 Å². The standard InChI is InChI=1S/4C20H20F2N4O6S/c4*1-25-8-11-6-13(24-33(2,31)32)15-14(17(27)18(28)16(20(25)30)26(11)15)19(29)23-7-9-3-4-10(21)5-12(9)22/h4*3-5,11,13,24,28H,6-8H2,1-2H3,(H,23,29). The molecule has 0 saturated carbocycles. The molecule has 0 fully saturated rings. The van der Waals surface area contributed by atoms with E-state index in [0.29, 0.717) is 24.3 Å². The fourth-order valence-corrected chi connectivity index (χ4v) is 20.3. The van der Waals surface area contributed by atoms with Gasteiger partial charge in [-0.3, -0.25) is 57.5 Å². The number of aromatic hydroxyl groups is 4.